The molecular weight excluding hydrogens is 335 g/mol. The summed E-state index contributed by atoms with van der Waals surface area (Å²) in [6, 6.07) is 11.0. The normalized spacial score (nSPS) is 12.5. The van der Waals surface area contributed by atoms with Gasteiger partial charge in [0.1, 0.15) is 6.10 Å². The standard InChI is InChI=1S/C14H11BrCl2O/c1-8-5-6-9(7-12(8)16)14(18)10-3-2-4-11(15)13(10)17/h2-7,14,18H,1H3. The zero-order valence-electron chi connectivity index (χ0n) is 9.62. The fraction of sp³-hybridized carbons (Fsp3) is 0.143. The van der Waals surface area contributed by atoms with Crippen molar-refractivity contribution < 1.29 is 5.11 Å². The van der Waals surface area contributed by atoms with Crippen molar-refractivity contribution in [2.24, 2.45) is 0 Å². The van der Waals surface area contributed by atoms with Gasteiger partial charge in [0.25, 0.3) is 0 Å². The van der Waals surface area contributed by atoms with Crippen molar-refractivity contribution in [2.45, 2.75) is 13.0 Å². The summed E-state index contributed by atoms with van der Waals surface area (Å²) in [5, 5.41) is 11.5. The number of rotatable bonds is 2. The number of hydrogen-bond donors (Lipinski definition) is 1. The Labute approximate surface area is 124 Å². The quantitative estimate of drug-likeness (QED) is 0.798. The molecule has 0 aliphatic rings. The van der Waals surface area contributed by atoms with Crippen LogP contribution in [0.25, 0.3) is 0 Å². The van der Waals surface area contributed by atoms with Gasteiger partial charge in [0.05, 0.1) is 5.02 Å². The van der Waals surface area contributed by atoms with Crippen LogP contribution >= 0.6 is 39.1 Å². The Morgan fingerprint density at radius 3 is 2.56 bits per heavy atom. The molecular formula is C14H11BrCl2O. The molecule has 2 aromatic rings. The summed E-state index contributed by atoms with van der Waals surface area (Å²) in [6.07, 6.45) is -0.784. The predicted octanol–water partition coefficient (Wildman–Crippen LogP) is 5.15. The lowest BCUT2D eigenvalue weighted by Gasteiger charge is -2.14. The van der Waals surface area contributed by atoms with Gasteiger partial charge in [-0.25, -0.2) is 0 Å². The van der Waals surface area contributed by atoms with E-state index >= 15 is 0 Å². The molecule has 2 rings (SSSR count). The molecule has 0 heterocycles. The van der Waals surface area contributed by atoms with Crippen LogP contribution in [0, 0.1) is 6.92 Å². The summed E-state index contributed by atoms with van der Waals surface area (Å²) < 4.78 is 0.763. The highest BCUT2D eigenvalue weighted by Gasteiger charge is 2.16. The second-order valence-corrected chi connectivity index (χ2v) is 5.69. The van der Waals surface area contributed by atoms with Gasteiger partial charge < -0.3 is 5.11 Å². The zero-order valence-corrected chi connectivity index (χ0v) is 12.7. The molecule has 1 unspecified atom stereocenters. The number of aliphatic hydroxyl groups is 1. The van der Waals surface area contributed by atoms with Crippen LogP contribution in [0.4, 0.5) is 0 Å². The Balaban J connectivity index is 2.44. The highest BCUT2D eigenvalue weighted by Crippen LogP contribution is 2.34. The molecule has 4 heteroatoms. The maximum Gasteiger partial charge on any atom is 0.106 e. The Bertz CT molecular complexity index is 584. The van der Waals surface area contributed by atoms with Gasteiger partial charge in [-0.15, -0.1) is 0 Å². The Morgan fingerprint density at radius 2 is 1.89 bits per heavy atom. The lowest BCUT2D eigenvalue weighted by Crippen LogP contribution is -2.01. The van der Waals surface area contributed by atoms with E-state index in [0.717, 1.165) is 15.6 Å². The molecule has 0 radical (unpaired) electrons. The second-order valence-electron chi connectivity index (χ2n) is 4.05. The van der Waals surface area contributed by atoms with Crippen molar-refractivity contribution in [3.05, 3.63) is 67.6 Å². The van der Waals surface area contributed by atoms with Crippen molar-refractivity contribution in [3.63, 3.8) is 0 Å². The third kappa shape index (κ3) is 2.72. The smallest absolute Gasteiger partial charge is 0.106 e. The van der Waals surface area contributed by atoms with Crippen LogP contribution in [0.1, 0.15) is 22.8 Å². The van der Waals surface area contributed by atoms with Gasteiger partial charge >= 0.3 is 0 Å². The van der Waals surface area contributed by atoms with Crippen LogP contribution in [0.15, 0.2) is 40.9 Å². The molecule has 0 aliphatic heterocycles. The molecule has 0 saturated carbocycles. The van der Waals surface area contributed by atoms with E-state index in [1.54, 1.807) is 12.1 Å². The third-order valence-electron chi connectivity index (χ3n) is 2.79. The maximum absolute atomic E-state index is 10.3. The minimum absolute atomic E-state index is 0.515. The Hall–Kier alpha value is -0.540. The van der Waals surface area contributed by atoms with Crippen LogP contribution in [0.5, 0.6) is 0 Å². The fourth-order valence-corrected chi connectivity index (χ4v) is 2.49. The number of aliphatic hydroxyl groups excluding tert-OH is 1. The summed E-state index contributed by atoms with van der Waals surface area (Å²) >= 11 is 15.6. The molecule has 0 spiro atoms. The van der Waals surface area contributed by atoms with Gasteiger partial charge in [-0.3, -0.25) is 0 Å². The first kappa shape index (κ1) is 13.9. The molecule has 0 aliphatic carbocycles. The highest BCUT2D eigenvalue weighted by molar-refractivity contribution is 9.10. The molecule has 0 fully saturated rings. The van der Waals surface area contributed by atoms with Crippen molar-refractivity contribution in [3.8, 4) is 0 Å². The van der Waals surface area contributed by atoms with Crippen molar-refractivity contribution >= 4 is 39.1 Å². The van der Waals surface area contributed by atoms with E-state index in [0.29, 0.717) is 15.6 Å². The van der Waals surface area contributed by atoms with Gasteiger partial charge in [-0.05, 0) is 46.1 Å². The number of halogens is 3. The highest BCUT2D eigenvalue weighted by atomic mass is 79.9. The van der Waals surface area contributed by atoms with E-state index in [-0.39, 0.29) is 0 Å². The molecule has 0 saturated heterocycles. The van der Waals surface area contributed by atoms with E-state index in [9.17, 15) is 5.11 Å². The van der Waals surface area contributed by atoms with Gasteiger partial charge in [0.15, 0.2) is 0 Å². The molecule has 18 heavy (non-hydrogen) atoms. The molecule has 1 nitrogen and oxygen atoms in total. The first-order chi connectivity index (χ1) is 8.50. The van der Waals surface area contributed by atoms with Gasteiger partial charge in [0.2, 0.25) is 0 Å². The Kier molecular flexibility index (Phi) is 4.33. The van der Waals surface area contributed by atoms with E-state index in [4.69, 9.17) is 23.2 Å². The van der Waals surface area contributed by atoms with Crippen molar-refractivity contribution in [2.75, 3.05) is 0 Å². The van der Waals surface area contributed by atoms with E-state index in [1.807, 2.05) is 31.2 Å². The van der Waals surface area contributed by atoms with Gasteiger partial charge in [0, 0.05) is 15.1 Å². The van der Waals surface area contributed by atoms with Crippen LogP contribution in [-0.2, 0) is 0 Å². The topological polar surface area (TPSA) is 20.2 Å². The average Bonchev–Trinajstić information content (AvgIpc) is 2.35. The number of benzene rings is 2. The molecule has 2 aromatic carbocycles. The summed E-state index contributed by atoms with van der Waals surface area (Å²) in [4.78, 5) is 0. The molecule has 1 atom stereocenters. The van der Waals surface area contributed by atoms with Crippen LogP contribution in [0.3, 0.4) is 0 Å². The minimum atomic E-state index is -0.784. The van der Waals surface area contributed by atoms with Crippen molar-refractivity contribution in [1.82, 2.24) is 0 Å². The van der Waals surface area contributed by atoms with E-state index in [2.05, 4.69) is 15.9 Å². The third-order valence-corrected chi connectivity index (χ3v) is 4.51. The average molecular weight is 346 g/mol. The second kappa shape index (κ2) is 5.62. The lowest BCUT2D eigenvalue weighted by molar-refractivity contribution is 0.220. The zero-order chi connectivity index (χ0) is 13.3. The van der Waals surface area contributed by atoms with Gasteiger partial charge in [-0.1, -0.05) is 47.5 Å². The van der Waals surface area contributed by atoms with E-state index < -0.39 is 6.10 Å². The number of hydrogen-bond acceptors (Lipinski definition) is 1. The Morgan fingerprint density at radius 1 is 1.17 bits per heavy atom. The molecule has 0 amide bonds. The minimum Gasteiger partial charge on any atom is -0.384 e. The monoisotopic (exact) mass is 344 g/mol. The van der Waals surface area contributed by atoms with Crippen molar-refractivity contribution in [1.29, 1.82) is 0 Å². The first-order valence-electron chi connectivity index (χ1n) is 5.38. The lowest BCUT2D eigenvalue weighted by atomic mass is 10.0. The predicted molar refractivity (Wildman–Crippen MR) is 79.4 cm³/mol. The molecule has 1 N–H and O–H groups in total. The van der Waals surface area contributed by atoms with Crippen LogP contribution in [0.2, 0.25) is 10.0 Å². The molecule has 0 aromatic heterocycles. The summed E-state index contributed by atoms with van der Waals surface area (Å²) in [5.41, 5.74) is 2.37. The molecule has 94 valence electrons. The van der Waals surface area contributed by atoms with Crippen LogP contribution in [-0.4, -0.2) is 5.11 Å². The SMILES string of the molecule is Cc1ccc(C(O)c2cccc(Br)c2Cl)cc1Cl. The number of aryl methyl sites for hydroxylation is 1. The summed E-state index contributed by atoms with van der Waals surface area (Å²) in [5.74, 6) is 0. The van der Waals surface area contributed by atoms with Crippen LogP contribution < -0.4 is 0 Å². The fourth-order valence-electron chi connectivity index (χ4n) is 1.69. The van der Waals surface area contributed by atoms with E-state index in [1.165, 1.54) is 0 Å². The van der Waals surface area contributed by atoms with Gasteiger partial charge in [-0.2, -0.15) is 0 Å². The largest absolute Gasteiger partial charge is 0.384 e. The molecule has 0 bridgehead atoms. The maximum atomic E-state index is 10.3. The summed E-state index contributed by atoms with van der Waals surface area (Å²) in [7, 11) is 0. The first-order valence-corrected chi connectivity index (χ1v) is 6.93. The summed E-state index contributed by atoms with van der Waals surface area (Å²) in [6.45, 7) is 1.92.